The first-order chi connectivity index (χ1) is 15.5. The van der Waals surface area contributed by atoms with E-state index in [1.54, 1.807) is 21.0 Å². The lowest BCUT2D eigenvalue weighted by molar-refractivity contribution is -0.157. The fraction of sp³-hybridized carbons (Fsp3) is 0.737. The molecular formula is C19H27F3N4O6S2. The molecule has 2 saturated heterocycles. The topological polar surface area (TPSA) is 136 Å². The van der Waals surface area contributed by atoms with Crippen LogP contribution in [-0.4, -0.2) is 97.1 Å². The average Bonchev–Trinajstić information content (AvgIpc) is 3.21. The van der Waals surface area contributed by atoms with Crippen LogP contribution in [0.25, 0.3) is 0 Å². The lowest BCUT2D eigenvalue weighted by Crippen LogP contribution is -2.66. The Morgan fingerprint density at radius 1 is 1.35 bits per heavy atom. The van der Waals surface area contributed by atoms with E-state index in [1.807, 2.05) is 4.72 Å². The predicted molar refractivity (Wildman–Crippen MR) is 117 cm³/mol. The summed E-state index contributed by atoms with van der Waals surface area (Å²) in [5, 5.41) is 12.8. The highest BCUT2D eigenvalue weighted by atomic mass is 32.2. The Morgan fingerprint density at radius 2 is 1.97 bits per heavy atom. The second kappa shape index (κ2) is 9.32. The molecule has 0 aromatic rings. The number of hydrogen-bond donors (Lipinski definition) is 3. The van der Waals surface area contributed by atoms with Crippen molar-refractivity contribution in [3.8, 4) is 0 Å². The van der Waals surface area contributed by atoms with Crippen LogP contribution in [0.5, 0.6) is 0 Å². The maximum absolute atomic E-state index is 12.8. The Morgan fingerprint density at radius 3 is 2.50 bits per heavy atom. The maximum Gasteiger partial charge on any atom is 0.404 e. The SMILES string of the molecule is CC(NS(=O)(=O)CC(F)(F)F)[C@H]1C(=O)N2C(C(=O)O)=C(S[C@@H]3CN[C@H](C(=O)N(C)C)C3)[C@H](C)[C@H]12. The van der Waals surface area contributed by atoms with E-state index in [-0.39, 0.29) is 16.9 Å². The van der Waals surface area contributed by atoms with Crippen LogP contribution in [0.15, 0.2) is 10.6 Å². The molecule has 3 N–H and O–H groups in total. The second-order valence-electron chi connectivity index (χ2n) is 8.98. The number of carbonyl (C=O) groups excluding carboxylic acids is 2. The number of β-lactam (4-membered cyclic amide) rings is 1. The third-order valence-corrected chi connectivity index (χ3v) is 9.12. The molecule has 3 aliphatic rings. The monoisotopic (exact) mass is 528 g/mol. The molecule has 34 heavy (non-hydrogen) atoms. The van der Waals surface area contributed by atoms with Gasteiger partial charge in [0.1, 0.15) is 5.70 Å². The zero-order valence-corrected chi connectivity index (χ0v) is 20.6. The first kappa shape index (κ1) is 26.8. The molecule has 15 heteroatoms. The van der Waals surface area contributed by atoms with Gasteiger partial charge in [-0.1, -0.05) is 6.92 Å². The largest absolute Gasteiger partial charge is 0.477 e. The lowest BCUT2D eigenvalue weighted by atomic mass is 9.78. The van der Waals surface area contributed by atoms with Gasteiger partial charge in [0.2, 0.25) is 21.8 Å². The summed E-state index contributed by atoms with van der Waals surface area (Å²) in [6.07, 6.45) is -4.48. The van der Waals surface area contributed by atoms with Crippen molar-refractivity contribution in [3.63, 3.8) is 0 Å². The zero-order chi connectivity index (χ0) is 25.7. The van der Waals surface area contributed by atoms with E-state index >= 15 is 0 Å². The standard InChI is InChI=1S/C19H27F3N4O6S2/c1-8-13-12(9(2)24-34(31,32)7-19(20,21)22)17(28)26(13)14(18(29)30)15(8)33-10-5-11(23-6-10)16(27)25(3)4/h8-13,23-24H,5-7H2,1-4H3,(H,29,30)/t8-,9?,10+,11+,12-,13-/m1/s1. The molecule has 0 aromatic carbocycles. The molecule has 192 valence electrons. The molecule has 3 rings (SSSR count). The first-order valence-electron chi connectivity index (χ1n) is 10.5. The number of hydrogen-bond acceptors (Lipinski definition) is 7. The first-order valence-corrected chi connectivity index (χ1v) is 13.1. The van der Waals surface area contributed by atoms with E-state index in [0.717, 1.165) is 4.90 Å². The van der Waals surface area contributed by atoms with Gasteiger partial charge in [0.25, 0.3) is 0 Å². The van der Waals surface area contributed by atoms with Crippen molar-refractivity contribution >= 4 is 39.6 Å². The molecule has 0 bridgehead atoms. The molecule has 3 heterocycles. The Bertz CT molecular complexity index is 1020. The number of rotatable bonds is 8. The van der Waals surface area contributed by atoms with E-state index < -0.39 is 63.8 Å². The fourth-order valence-electron chi connectivity index (χ4n) is 4.78. The maximum atomic E-state index is 12.8. The van der Waals surface area contributed by atoms with E-state index in [2.05, 4.69) is 5.32 Å². The number of likely N-dealkylation sites (N-methyl/N-ethyl adjacent to an activating group) is 1. The molecule has 0 aliphatic carbocycles. The minimum Gasteiger partial charge on any atom is -0.477 e. The molecule has 0 spiro atoms. The Hall–Kier alpha value is -1.84. The van der Waals surface area contributed by atoms with Crippen LogP contribution in [0.3, 0.4) is 0 Å². The summed E-state index contributed by atoms with van der Waals surface area (Å²) < 4.78 is 63.4. The number of nitrogens with one attached hydrogen (secondary N) is 2. The number of halogens is 3. The number of amides is 2. The van der Waals surface area contributed by atoms with Crippen LogP contribution in [0.2, 0.25) is 0 Å². The van der Waals surface area contributed by atoms with Crippen molar-refractivity contribution in [2.45, 2.75) is 49.8 Å². The van der Waals surface area contributed by atoms with Crippen molar-refractivity contribution in [2.24, 2.45) is 11.8 Å². The smallest absolute Gasteiger partial charge is 0.404 e. The van der Waals surface area contributed by atoms with Gasteiger partial charge in [-0.15, -0.1) is 11.8 Å². The number of carboxylic acids is 1. The summed E-state index contributed by atoms with van der Waals surface area (Å²) in [4.78, 5) is 40.0. The van der Waals surface area contributed by atoms with Crippen LogP contribution in [0.1, 0.15) is 20.3 Å². The van der Waals surface area contributed by atoms with Crippen molar-refractivity contribution in [2.75, 3.05) is 26.4 Å². The summed E-state index contributed by atoms with van der Waals surface area (Å²) in [7, 11) is -1.47. The molecule has 2 fully saturated rings. The number of aliphatic carboxylic acids is 1. The summed E-state index contributed by atoms with van der Waals surface area (Å²) in [5.74, 6) is -5.63. The number of thioether (sulfide) groups is 1. The third-order valence-electron chi connectivity index (χ3n) is 6.17. The van der Waals surface area contributed by atoms with Gasteiger partial charge in [-0.2, -0.15) is 13.2 Å². The Balaban J connectivity index is 1.75. The second-order valence-corrected chi connectivity index (χ2v) is 12.1. The number of nitrogens with zero attached hydrogens (tertiary/aromatic N) is 2. The van der Waals surface area contributed by atoms with Gasteiger partial charge in [-0.3, -0.25) is 9.59 Å². The minimum absolute atomic E-state index is 0.103. The van der Waals surface area contributed by atoms with Crippen molar-refractivity contribution in [1.29, 1.82) is 0 Å². The number of carbonyl (C=O) groups is 3. The van der Waals surface area contributed by atoms with Gasteiger partial charge < -0.3 is 20.2 Å². The Labute approximate surface area is 199 Å². The zero-order valence-electron chi connectivity index (χ0n) is 18.9. The Kier molecular flexibility index (Phi) is 7.33. The number of sulfonamides is 1. The van der Waals surface area contributed by atoms with E-state index in [0.29, 0.717) is 17.9 Å². The molecule has 0 radical (unpaired) electrons. The van der Waals surface area contributed by atoms with Crippen LogP contribution in [-0.2, 0) is 24.4 Å². The van der Waals surface area contributed by atoms with Gasteiger partial charge in [0.15, 0.2) is 5.75 Å². The summed E-state index contributed by atoms with van der Waals surface area (Å²) in [5.41, 5.74) is -0.198. The lowest BCUT2D eigenvalue weighted by Gasteiger charge is -2.47. The van der Waals surface area contributed by atoms with E-state index in [4.69, 9.17) is 0 Å². The van der Waals surface area contributed by atoms with Gasteiger partial charge >= 0.3 is 12.1 Å². The molecule has 2 amide bonds. The normalized spacial score (nSPS) is 30.3. The van der Waals surface area contributed by atoms with Crippen molar-refractivity contribution in [1.82, 2.24) is 19.8 Å². The molecule has 6 atom stereocenters. The van der Waals surface area contributed by atoms with Crippen LogP contribution >= 0.6 is 11.8 Å². The quantitative estimate of drug-likeness (QED) is 0.380. The highest BCUT2D eigenvalue weighted by Crippen LogP contribution is 2.52. The number of alkyl halides is 3. The third kappa shape index (κ3) is 5.21. The van der Waals surface area contributed by atoms with Crippen molar-refractivity contribution in [3.05, 3.63) is 10.6 Å². The van der Waals surface area contributed by atoms with Crippen LogP contribution in [0, 0.1) is 11.8 Å². The van der Waals surface area contributed by atoms with E-state index in [9.17, 15) is 41.1 Å². The number of fused-ring (bicyclic) bond motifs is 1. The predicted octanol–water partition coefficient (Wildman–Crippen LogP) is 0.181. The van der Waals surface area contributed by atoms with Crippen LogP contribution < -0.4 is 10.0 Å². The molecule has 10 nitrogen and oxygen atoms in total. The number of carboxylic acid groups (broad SMARTS) is 1. The van der Waals surface area contributed by atoms with Gasteiger partial charge in [0, 0.05) is 42.8 Å². The summed E-state index contributed by atoms with van der Waals surface area (Å²) in [6, 6.07) is -2.26. The molecule has 1 unspecified atom stereocenters. The minimum atomic E-state index is -4.94. The highest BCUT2D eigenvalue weighted by molar-refractivity contribution is 8.03. The highest BCUT2D eigenvalue weighted by Gasteiger charge is 2.60. The molecule has 0 saturated carbocycles. The molecule has 3 aliphatic heterocycles. The fourth-order valence-corrected chi connectivity index (χ4v) is 7.49. The van der Waals surface area contributed by atoms with Gasteiger partial charge in [0.05, 0.1) is 18.0 Å². The van der Waals surface area contributed by atoms with Gasteiger partial charge in [-0.05, 0) is 13.3 Å². The summed E-state index contributed by atoms with van der Waals surface area (Å²) in [6.45, 7) is 3.45. The van der Waals surface area contributed by atoms with Crippen LogP contribution in [0.4, 0.5) is 13.2 Å². The van der Waals surface area contributed by atoms with Crippen molar-refractivity contribution < 1.29 is 41.1 Å². The van der Waals surface area contributed by atoms with E-state index in [1.165, 1.54) is 23.6 Å². The summed E-state index contributed by atoms with van der Waals surface area (Å²) >= 11 is 1.26. The molecular weight excluding hydrogens is 501 g/mol. The van der Waals surface area contributed by atoms with Gasteiger partial charge in [-0.25, -0.2) is 17.9 Å². The average molecular weight is 529 g/mol. The molecule has 0 aromatic heterocycles.